The second-order valence-electron chi connectivity index (χ2n) is 4.91. The Morgan fingerprint density at radius 3 is 3.00 bits per heavy atom. The topological polar surface area (TPSA) is 135 Å². The van der Waals surface area contributed by atoms with E-state index in [4.69, 9.17) is 0 Å². The van der Waals surface area contributed by atoms with E-state index < -0.39 is 16.4 Å². The Bertz CT molecular complexity index is 977. The average Bonchev–Trinajstić information content (AvgIpc) is 2.98. The van der Waals surface area contributed by atoms with Gasteiger partial charge in [0.25, 0.3) is 17.2 Å². The van der Waals surface area contributed by atoms with Gasteiger partial charge in [0.1, 0.15) is 11.4 Å². The summed E-state index contributed by atoms with van der Waals surface area (Å²) in [6.07, 6.45) is 3.14. The van der Waals surface area contributed by atoms with Crippen LogP contribution in [0.1, 0.15) is 16.2 Å². The molecule has 0 aromatic carbocycles. The number of hydrogen-bond acceptors (Lipinski definition) is 6. The molecule has 0 saturated carbocycles. The van der Waals surface area contributed by atoms with Gasteiger partial charge in [-0.3, -0.25) is 24.1 Å². The molecule has 0 atom stereocenters. The van der Waals surface area contributed by atoms with Crippen LogP contribution in [0.15, 0.2) is 41.5 Å². The Balaban J connectivity index is 1.69. The molecule has 0 spiro atoms. The van der Waals surface area contributed by atoms with Crippen LogP contribution in [0.25, 0.3) is 5.65 Å². The van der Waals surface area contributed by atoms with Gasteiger partial charge < -0.3 is 10.3 Å². The van der Waals surface area contributed by atoms with Gasteiger partial charge in [-0.2, -0.15) is 0 Å². The summed E-state index contributed by atoms with van der Waals surface area (Å²) in [7, 11) is 0. The Labute approximate surface area is 134 Å². The van der Waals surface area contributed by atoms with Crippen LogP contribution >= 0.6 is 0 Å². The number of H-pyrrole nitrogens is 1. The summed E-state index contributed by atoms with van der Waals surface area (Å²) in [6.45, 7) is 0.205. The lowest BCUT2D eigenvalue weighted by Crippen LogP contribution is -2.31. The molecule has 0 saturated heterocycles. The number of amides is 1. The van der Waals surface area contributed by atoms with Crippen molar-refractivity contribution in [2.24, 2.45) is 0 Å². The summed E-state index contributed by atoms with van der Waals surface area (Å²) in [5.41, 5.74) is -0.668. The number of rotatable bonds is 5. The molecule has 10 nitrogen and oxygen atoms in total. The first-order chi connectivity index (χ1) is 11.6. The van der Waals surface area contributed by atoms with Crippen molar-refractivity contribution >= 4 is 17.2 Å². The third-order valence-corrected chi connectivity index (χ3v) is 3.36. The molecule has 0 radical (unpaired) electrons. The average molecular weight is 328 g/mol. The number of carbonyl (C=O) groups excluding carboxylic acids is 1. The van der Waals surface area contributed by atoms with Crippen LogP contribution in [0.4, 0.5) is 5.69 Å². The molecule has 3 heterocycles. The molecular formula is C14H12N6O4. The van der Waals surface area contributed by atoms with E-state index in [0.717, 1.165) is 12.3 Å². The number of hydrogen-bond donors (Lipinski definition) is 2. The summed E-state index contributed by atoms with van der Waals surface area (Å²) in [5.74, 6) is -0.0346. The highest BCUT2D eigenvalue weighted by molar-refractivity contribution is 5.94. The molecular weight excluding hydrogens is 316 g/mol. The number of nitro groups is 1. The maximum Gasteiger partial charge on any atom is 0.286 e. The second kappa shape index (κ2) is 6.28. The van der Waals surface area contributed by atoms with Crippen molar-refractivity contribution in [1.82, 2.24) is 24.9 Å². The number of aromatic nitrogens is 4. The molecule has 10 heteroatoms. The molecule has 1 amide bonds. The Morgan fingerprint density at radius 1 is 1.38 bits per heavy atom. The lowest BCUT2D eigenvalue weighted by Gasteiger charge is -2.04. The number of aromatic amines is 1. The zero-order valence-electron chi connectivity index (χ0n) is 12.3. The van der Waals surface area contributed by atoms with Crippen molar-refractivity contribution in [1.29, 1.82) is 0 Å². The number of nitrogens with one attached hydrogen (secondary N) is 2. The van der Waals surface area contributed by atoms with Gasteiger partial charge in [-0.15, -0.1) is 10.2 Å². The predicted molar refractivity (Wildman–Crippen MR) is 82.7 cm³/mol. The smallest absolute Gasteiger partial charge is 0.286 e. The normalized spacial score (nSPS) is 10.7. The van der Waals surface area contributed by atoms with E-state index in [0.29, 0.717) is 17.9 Å². The zero-order chi connectivity index (χ0) is 17.1. The van der Waals surface area contributed by atoms with E-state index in [1.807, 2.05) is 12.1 Å². The van der Waals surface area contributed by atoms with E-state index >= 15 is 0 Å². The largest absolute Gasteiger partial charge is 0.351 e. The third-order valence-electron chi connectivity index (χ3n) is 3.36. The number of fused-ring (bicyclic) bond motifs is 1. The molecule has 3 aromatic rings. The highest BCUT2D eigenvalue weighted by Gasteiger charge is 2.16. The fraction of sp³-hybridized carbons (Fsp3) is 0.143. The van der Waals surface area contributed by atoms with Gasteiger partial charge in [0.2, 0.25) is 0 Å². The Morgan fingerprint density at radius 2 is 2.21 bits per heavy atom. The molecule has 24 heavy (non-hydrogen) atoms. The van der Waals surface area contributed by atoms with Gasteiger partial charge in [-0.05, 0) is 12.1 Å². The molecule has 2 N–H and O–H groups in total. The summed E-state index contributed by atoms with van der Waals surface area (Å²) < 4.78 is 1.78. The minimum absolute atomic E-state index is 0.205. The van der Waals surface area contributed by atoms with Crippen LogP contribution in [0.2, 0.25) is 0 Å². The molecule has 0 bridgehead atoms. The first kappa shape index (κ1) is 15.3. The SMILES string of the molecule is O=C(NCCc1nnc2ccccn12)c1cc([N+](=O)[O-])c[nH]c1=O. The Kier molecular flexibility index (Phi) is 4.01. The van der Waals surface area contributed by atoms with Crippen LogP contribution in [0.3, 0.4) is 0 Å². The lowest BCUT2D eigenvalue weighted by atomic mass is 10.2. The van der Waals surface area contributed by atoms with E-state index in [1.54, 1.807) is 16.7 Å². The maximum absolute atomic E-state index is 12.0. The summed E-state index contributed by atoms with van der Waals surface area (Å²) in [6, 6.07) is 6.42. The summed E-state index contributed by atoms with van der Waals surface area (Å²) >= 11 is 0. The van der Waals surface area contributed by atoms with Crippen molar-refractivity contribution < 1.29 is 9.72 Å². The van der Waals surface area contributed by atoms with Crippen LogP contribution in [0.5, 0.6) is 0 Å². The summed E-state index contributed by atoms with van der Waals surface area (Å²) in [5, 5.41) is 21.3. The maximum atomic E-state index is 12.0. The fourth-order valence-electron chi connectivity index (χ4n) is 2.19. The number of carbonyl (C=O) groups is 1. The van der Waals surface area contributed by atoms with Crippen LogP contribution in [-0.2, 0) is 6.42 Å². The van der Waals surface area contributed by atoms with Crippen molar-refractivity contribution in [3.05, 3.63) is 68.5 Å². The van der Waals surface area contributed by atoms with Gasteiger partial charge in [0.05, 0.1) is 11.1 Å². The molecule has 0 fully saturated rings. The second-order valence-corrected chi connectivity index (χ2v) is 4.91. The fourth-order valence-corrected chi connectivity index (χ4v) is 2.19. The first-order valence-electron chi connectivity index (χ1n) is 7.00. The highest BCUT2D eigenvalue weighted by Crippen LogP contribution is 2.08. The van der Waals surface area contributed by atoms with E-state index in [1.165, 1.54) is 0 Å². The molecule has 3 rings (SSSR count). The predicted octanol–water partition coefficient (Wildman–Crippen LogP) is 0.298. The minimum atomic E-state index is -0.689. The van der Waals surface area contributed by atoms with Gasteiger partial charge >= 0.3 is 0 Å². The molecule has 122 valence electrons. The van der Waals surface area contributed by atoms with Gasteiger partial charge in [-0.1, -0.05) is 6.07 Å². The minimum Gasteiger partial charge on any atom is -0.351 e. The van der Waals surface area contributed by atoms with Crippen LogP contribution in [-0.4, -0.2) is 37.0 Å². The zero-order valence-corrected chi connectivity index (χ0v) is 12.3. The van der Waals surface area contributed by atoms with Crippen LogP contribution in [0, 0.1) is 10.1 Å². The van der Waals surface area contributed by atoms with Gasteiger partial charge in [0.15, 0.2) is 5.65 Å². The summed E-state index contributed by atoms with van der Waals surface area (Å²) in [4.78, 5) is 35.9. The quantitative estimate of drug-likeness (QED) is 0.511. The van der Waals surface area contributed by atoms with E-state index in [2.05, 4.69) is 20.5 Å². The number of nitrogens with zero attached hydrogens (tertiary/aromatic N) is 4. The van der Waals surface area contributed by atoms with Gasteiger partial charge in [0, 0.05) is 25.2 Å². The highest BCUT2D eigenvalue weighted by atomic mass is 16.6. The lowest BCUT2D eigenvalue weighted by molar-refractivity contribution is -0.385. The van der Waals surface area contributed by atoms with Gasteiger partial charge in [-0.25, -0.2) is 0 Å². The third kappa shape index (κ3) is 2.97. The van der Waals surface area contributed by atoms with Crippen molar-refractivity contribution in [3.63, 3.8) is 0 Å². The molecule has 3 aromatic heterocycles. The number of pyridine rings is 2. The first-order valence-corrected chi connectivity index (χ1v) is 7.00. The van der Waals surface area contributed by atoms with Crippen molar-refractivity contribution in [2.45, 2.75) is 6.42 Å². The monoisotopic (exact) mass is 328 g/mol. The van der Waals surface area contributed by atoms with E-state index in [9.17, 15) is 19.7 Å². The molecule has 0 unspecified atom stereocenters. The van der Waals surface area contributed by atoms with Crippen molar-refractivity contribution in [2.75, 3.05) is 6.54 Å². The van der Waals surface area contributed by atoms with E-state index in [-0.39, 0.29) is 17.8 Å². The molecule has 0 aliphatic heterocycles. The standard InChI is InChI=1S/C14H12N6O4/c21-13(10-7-9(20(23)24)8-16-14(10)22)15-5-4-12-18-17-11-3-1-2-6-19(11)12/h1-3,6-8H,4-5H2,(H,15,21)(H,16,22). The van der Waals surface area contributed by atoms with Crippen molar-refractivity contribution in [3.8, 4) is 0 Å². The molecule has 0 aliphatic carbocycles. The molecule has 0 aliphatic rings. The Hall–Kier alpha value is -3.56. The van der Waals surface area contributed by atoms with Crippen LogP contribution < -0.4 is 10.9 Å².